The van der Waals surface area contributed by atoms with Crippen molar-refractivity contribution in [1.82, 2.24) is 0 Å². The van der Waals surface area contributed by atoms with Crippen molar-refractivity contribution in [1.29, 1.82) is 0 Å². The number of hydrogen-bond acceptors (Lipinski definition) is 2. The van der Waals surface area contributed by atoms with Gasteiger partial charge in [0.15, 0.2) is 0 Å². The monoisotopic (exact) mass is 562 g/mol. The number of aryl methyl sites for hydroxylation is 1. The molecular formula is C41H42N2. The Labute approximate surface area is 258 Å². The molecule has 0 aliphatic heterocycles. The van der Waals surface area contributed by atoms with Crippen LogP contribution in [0.15, 0.2) is 150 Å². The summed E-state index contributed by atoms with van der Waals surface area (Å²) in [5.41, 5.74) is 12.3. The van der Waals surface area contributed by atoms with Gasteiger partial charge in [0.1, 0.15) is 0 Å². The summed E-state index contributed by atoms with van der Waals surface area (Å²) in [5.74, 6) is 0. The smallest absolute Gasteiger partial charge is 0.0464 e. The first-order valence-corrected chi connectivity index (χ1v) is 15.6. The average molecular weight is 563 g/mol. The maximum Gasteiger partial charge on any atom is 0.0464 e. The molecular weight excluding hydrogens is 520 g/mol. The second kappa shape index (κ2) is 12.4. The topological polar surface area (TPSA) is 6.48 Å². The van der Waals surface area contributed by atoms with Gasteiger partial charge < -0.3 is 9.80 Å². The van der Waals surface area contributed by atoms with E-state index in [1.165, 1.54) is 56.4 Å². The first-order chi connectivity index (χ1) is 20.9. The van der Waals surface area contributed by atoms with Crippen LogP contribution in [0.3, 0.4) is 0 Å². The summed E-state index contributed by atoms with van der Waals surface area (Å²) in [7, 11) is 0. The van der Waals surface area contributed by atoms with E-state index in [0.29, 0.717) is 0 Å². The maximum absolute atomic E-state index is 2.40. The van der Waals surface area contributed by atoms with Gasteiger partial charge in [-0.2, -0.15) is 0 Å². The van der Waals surface area contributed by atoms with Crippen molar-refractivity contribution in [2.24, 2.45) is 0 Å². The lowest BCUT2D eigenvalue weighted by Gasteiger charge is -2.33. The average Bonchev–Trinajstić information content (AvgIpc) is 3.03. The summed E-state index contributed by atoms with van der Waals surface area (Å²) in [6, 6.07) is 37.8. The third-order valence-corrected chi connectivity index (χ3v) is 8.70. The van der Waals surface area contributed by atoms with E-state index in [0.717, 1.165) is 25.7 Å². The molecule has 0 radical (unpaired) electrons. The lowest BCUT2D eigenvalue weighted by molar-refractivity contribution is 0.641. The van der Waals surface area contributed by atoms with Crippen LogP contribution in [0.4, 0.5) is 22.7 Å². The second-order valence-corrected chi connectivity index (χ2v) is 12.3. The number of anilines is 4. The molecule has 216 valence electrons. The Bertz CT molecular complexity index is 1720. The lowest BCUT2D eigenvalue weighted by Crippen LogP contribution is -2.22. The largest absolute Gasteiger partial charge is 0.311 e. The van der Waals surface area contributed by atoms with E-state index < -0.39 is 0 Å². The minimum Gasteiger partial charge on any atom is -0.311 e. The normalized spacial score (nSPS) is 14.9. The molecule has 43 heavy (non-hydrogen) atoms. The van der Waals surface area contributed by atoms with Crippen LogP contribution in [0.2, 0.25) is 0 Å². The maximum atomic E-state index is 2.40. The van der Waals surface area contributed by atoms with E-state index in [-0.39, 0.29) is 5.41 Å². The Balaban J connectivity index is 1.41. The third kappa shape index (κ3) is 6.15. The van der Waals surface area contributed by atoms with Crippen LogP contribution in [-0.2, 0) is 5.41 Å². The molecule has 0 amide bonds. The molecule has 0 saturated heterocycles. The zero-order chi connectivity index (χ0) is 29.8. The fourth-order valence-electron chi connectivity index (χ4n) is 6.23. The van der Waals surface area contributed by atoms with Gasteiger partial charge in [0.2, 0.25) is 0 Å². The van der Waals surface area contributed by atoms with E-state index in [9.17, 15) is 0 Å². The van der Waals surface area contributed by atoms with Gasteiger partial charge >= 0.3 is 0 Å². The zero-order valence-corrected chi connectivity index (χ0v) is 25.9. The van der Waals surface area contributed by atoms with Crippen LogP contribution < -0.4 is 9.80 Å². The first-order valence-electron chi connectivity index (χ1n) is 15.6. The summed E-state index contributed by atoms with van der Waals surface area (Å²) in [6.45, 7) is 9.10. The van der Waals surface area contributed by atoms with E-state index >= 15 is 0 Å². The summed E-state index contributed by atoms with van der Waals surface area (Å²) in [5, 5.41) is 0. The van der Waals surface area contributed by atoms with E-state index in [4.69, 9.17) is 0 Å². The fraction of sp³-hybridized carbons (Fsp3) is 0.220. The predicted octanol–water partition coefficient (Wildman–Crippen LogP) is 11.5. The van der Waals surface area contributed by atoms with Crippen LogP contribution in [0, 0.1) is 6.92 Å². The van der Waals surface area contributed by atoms with Gasteiger partial charge in [0.05, 0.1) is 0 Å². The van der Waals surface area contributed by atoms with Gasteiger partial charge in [0.25, 0.3) is 0 Å². The van der Waals surface area contributed by atoms with Crippen molar-refractivity contribution in [3.8, 4) is 0 Å². The van der Waals surface area contributed by atoms with Crippen molar-refractivity contribution in [3.05, 3.63) is 167 Å². The van der Waals surface area contributed by atoms with E-state index in [1.54, 1.807) is 0 Å². The van der Waals surface area contributed by atoms with E-state index in [2.05, 4.69) is 171 Å². The molecule has 0 aromatic heterocycles. The van der Waals surface area contributed by atoms with Crippen molar-refractivity contribution in [2.75, 3.05) is 9.80 Å². The number of benzene rings is 4. The molecule has 6 rings (SSSR count). The standard InChI is InChI=1S/C41H42N2/c1-31-15-11-23-37(27-31)42(35-19-7-5-8-20-35)39-25-13-17-33(29-39)41(3,4)34-18-14-26-40(30-34)43(36-21-9-6-10-22-36)38-24-12-16-32(2)28-38/h5,7-9,12-14,16-30H,6,10-11,15H2,1-4H3. The van der Waals surface area contributed by atoms with Crippen LogP contribution in [0.5, 0.6) is 0 Å². The fourth-order valence-corrected chi connectivity index (χ4v) is 6.23. The molecule has 0 fully saturated rings. The highest BCUT2D eigenvalue weighted by Gasteiger charge is 2.26. The van der Waals surface area contributed by atoms with Crippen LogP contribution in [0.25, 0.3) is 0 Å². The molecule has 2 heteroatoms. The molecule has 0 saturated carbocycles. The van der Waals surface area contributed by atoms with Crippen LogP contribution >= 0.6 is 0 Å². The van der Waals surface area contributed by atoms with Crippen molar-refractivity contribution in [2.45, 2.75) is 58.8 Å². The highest BCUT2D eigenvalue weighted by Crippen LogP contribution is 2.40. The van der Waals surface area contributed by atoms with Gasteiger partial charge in [-0.05, 0) is 117 Å². The van der Waals surface area contributed by atoms with Gasteiger partial charge in [-0.1, -0.05) is 92.2 Å². The molecule has 0 unspecified atom stereocenters. The van der Waals surface area contributed by atoms with Crippen molar-refractivity contribution < 1.29 is 0 Å². The second-order valence-electron chi connectivity index (χ2n) is 12.3. The van der Waals surface area contributed by atoms with Gasteiger partial charge in [-0.15, -0.1) is 0 Å². The molecule has 2 aliphatic carbocycles. The Hall–Kier alpha value is -4.56. The molecule has 0 atom stereocenters. The molecule has 2 nitrogen and oxygen atoms in total. The molecule has 4 aromatic rings. The van der Waals surface area contributed by atoms with Crippen LogP contribution in [-0.4, -0.2) is 0 Å². The number of nitrogens with zero attached hydrogens (tertiary/aromatic N) is 2. The summed E-state index contributed by atoms with van der Waals surface area (Å²) in [4.78, 5) is 4.81. The number of hydrogen-bond donors (Lipinski definition) is 0. The SMILES string of the molecule is CC1=CC(N(c2ccccc2)c2cccc(C(C)(C)c3cccc(N(C4=CCCC=C4)c4cccc(C)c4)c3)c2)=CCC1. The summed E-state index contributed by atoms with van der Waals surface area (Å²) < 4.78 is 0. The minimum atomic E-state index is -0.212. The minimum absolute atomic E-state index is 0.212. The third-order valence-electron chi connectivity index (χ3n) is 8.70. The Morgan fingerprint density at radius 2 is 1.14 bits per heavy atom. The highest BCUT2D eigenvalue weighted by atomic mass is 15.2. The molecule has 0 bridgehead atoms. The van der Waals surface area contributed by atoms with Crippen molar-refractivity contribution >= 4 is 22.7 Å². The Kier molecular flexibility index (Phi) is 8.20. The van der Waals surface area contributed by atoms with Crippen molar-refractivity contribution in [3.63, 3.8) is 0 Å². The lowest BCUT2D eigenvalue weighted by atomic mass is 9.77. The number of rotatable bonds is 8. The van der Waals surface area contributed by atoms with E-state index in [1.807, 2.05) is 0 Å². The Morgan fingerprint density at radius 1 is 0.558 bits per heavy atom. The Morgan fingerprint density at radius 3 is 1.74 bits per heavy atom. The van der Waals surface area contributed by atoms with Crippen LogP contribution in [0.1, 0.15) is 63.1 Å². The molecule has 2 aliphatic rings. The highest BCUT2D eigenvalue weighted by molar-refractivity contribution is 5.73. The van der Waals surface area contributed by atoms with Gasteiger partial charge in [-0.3, -0.25) is 0 Å². The number of allylic oxidation sites excluding steroid dienone is 6. The summed E-state index contributed by atoms with van der Waals surface area (Å²) >= 11 is 0. The van der Waals surface area contributed by atoms with Gasteiger partial charge in [0, 0.05) is 39.6 Å². The zero-order valence-electron chi connectivity index (χ0n) is 25.9. The molecule has 4 aromatic carbocycles. The molecule has 0 spiro atoms. The van der Waals surface area contributed by atoms with Gasteiger partial charge in [-0.25, -0.2) is 0 Å². The molecule has 0 N–H and O–H groups in total. The molecule has 0 heterocycles. The first kappa shape index (κ1) is 28.6. The summed E-state index contributed by atoms with van der Waals surface area (Å²) in [6.07, 6.45) is 16.0. The quantitative estimate of drug-likeness (QED) is 0.211. The predicted molar refractivity (Wildman–Crippen MR) is 184 cm³/mol. The number of para-hydroxylation sites is 1.